The van der Waals surface area contributed by atoms with E-state index < -0.39 is 5.82 Å². The van der Waals surface area contributed by atoms with Crippen molar-refractivity contribution in [3.05, 3.63) is 76.6 Å². The minimum atomic E-state index is -0.552. The summed E-state index contributed by atoms with van der Waals surface area (Å²) < 4.78 is 18.6. The molecule has 5 rings (SSSR count). The molecule has 218 valence electrons. The number of rotatable bonds is 9. The number of anilines is 2. The number of hydrogen-bond donors (Lipinski definition) is 2. The molecule has 4 heterocycles. The fourth-order valence-electron chi connectivity index (χ4n) is 4.92. The van der Waals surface area contributed by atoms with Crippen molar-refractivity contribution in [1.29, 1.82) is 0 Å². The van der Waals surface area contributed by atoms with Gasteiger partial charge in [0, 0.05) is 57.6 Å². The van der Waals surface area contributed by atoms with Crippen LogP contribution in [-0.4, -0.2) is 56.8 Å². The maximum Gasteiger partial charge on any atom is 0.257 e. The van der Waals surface area contributed by atoms with Gasteiger partial charge in [0.15, 0.2) is 11.6 Å². The smallest absolute Gasteiger partial charge is 0.257 e. The van der Waals surface area contributed by atoms with E-state index in [0.29, 0.717) is 28.4 Å². The van der Waals surface area contributed by atoms with Gasteiger partial charge in [0.2, 0.25) is 0 Å². The first-order valence-electron chi connectivity index (χ1n) is 14.3. The van der Waals surface area contributed by atoms with Crippen LogP contribution >= 0.6 is 0 Å². The van der Waals surface area contributed by atoms with Gasteiger partial charge in [-0.1, -0.05) is 13.8 Å². The van der Waals surface area contributed by atoms with Crippen LogP contribution in [0.3, 0.4) is 0 Å². The summed E-state index contributed by atoms with van der Waals surface area (Å²) in [5.74, 6) is -0.552. The maximum atomic E-state index is 14.7. The highest BCUT2D eigenvalue weighted by Crippen LogP contribution is 2.22. The van der Waals surface area contributed by atoms with E-state index in [1.54, 1.807) is 19.2 Å². The molecular weight excluding hydrogens is 521 g/mol. The number of aliphatic imine (C=N–C) groups is 1. The highest BCUT2D eigenvalue weighted by atomic mass is 19.1. The van der Waals surface area contributed by atoms with E-state index in [4.69, 9.17) is 0 Å². The normalized spacial score (nSPS) is 15.4. The fraction of sp³-hybridized carbons (Fsp3) is 0.419. The van der Waals surface area contributed by atoms with E-state index in [2.05, 4.69) is 30.2 Å². The predicted octanol–water partition coefficient (Wildman–Crippen LogP) is 5.19. The number of carbonyl (C=O) groups is 2. The quantitative estimate of drug-likeness (QED) is 0.277. The number of ketones is 1. The van der Waals surface area contributed by atoms with Crippen LogP contribution in [0.1, 0.15) is 67.3 Å². The van der Waals surface area contributed by atoms with Gasteiger partial charge in [0.25, 0.3) is 5.91 Å². The lowest BCUT2D eigenvalue weighted by atomic mass is 10.1. The van der Waals surface area contributed by atoms with Crippen molar-refractivity contribution in [2.45, 2.75) is 59.5 Å². The molecular formula is C31H40FN7O2. The Balaban J connectivity index is 0.00000189. The van der Waals surface area contributed by atoms with Crippen molar-refractivity contribution in [3.8, 4) is 0 Å². The van der Waals surface area contributed by atoms with Crippen LogP contribution in [0.15, 0.2) is 53.3 Å². The third-order valence-electron chi connectivity index (χ3n) is 7.32. The second-order valence-electron chi connectivity index (χ2n) is 10.1. The standard InChI is InChI=1S/C29H34FN7O2.C2H6/c1-19(38)25(32-28-15-23(35(3)34-28)18-36-10-6-11-36)16-26(31-2)20-8-9-24(30)27(14-20)33-29(39)21-13-22-7-4-5-12-37(22)17-21;1-2/h8-9,13-17H,4-7,10-12,18H2,1-3H3,(H,32,34)(H,33,39);1-2H3/b25-16+,31-26?;. The maximum absolute atomic E-state index is 14.7. The van der Waals surface area contributed by atoms with Gasteiger partial charge in [-0.15, -0.1) is 0 Å². The largest absolute Gasteiger partial charge is 0.351 e. The Kier molecular flexibility index (Phi) is 9.88. The number of likely N-dealkylation sites (tertiary alicyclic amines) is 1. The number of fused-ring (bicyclic) bond motifs is 1. The van der Waals surface area contributed by atoms with Crippen LogP contribution in [0, 0.1) is 5.82 Å². The Labute approximate surface area is 241 Å². The highest BCUT2D eigenvalue weighted by Gasteiger charge is 2.19. The van der Waals surface area contributed by atoms with E-state index >= 15 is 0 Å². The molecule has 10 heteroatoms. The highest BCUT2D eigenvalue weighted by molar-refractivity contribution is 6.14. The molecule has 0 saturated carbocycles. The lowest BCUT2D eigenvalue weighted by molar-refractivity contribution is -0.113. The van der Waals surface area contributed by atoms with Crippen molar-refractivity contribution in [2.75, 3.05) is 30.8 Å². The number of Topliss-reactive ketones (excluding diaryl/α,β-unsaturated/α-hetero) is 1. The van der Waals surface area contributed by atoms with Crippen LogP contribution in [0.2, 0.25) is 0 Å². The molecule has 3 aromatic rings. The second-order valence-corrected chi connectivity index (χ2v) is 10.1. The van der Waals surface area contributed by atoms with Crippen molar-refractivity contribution in [1.82, 2.24) is 19.2 Å². The topological polar surface area (TPSA) is 96.6 Å². The van der Waals surface area contributed by atoms with Gasteiger partial charge < -0.3 is 15.2 Å². The summed E-state index contributed by atoms with van der Waals surface area (Å²) in [5.41, 5.74) is 4.05. The summed E-state index contributed by atoms with van der Waals surface area (Å²) in [6.45, 7) is 9.32. The van der Waals surface area contributed by atoms with E-state index in [9.17, 15) is 14.0 Å². The molecule has 1 fully saturated rings. The monoisotopic (exact) mass is 561 g/mol. The SMILES string of the molecule is CC.CN=C(/C=C(/Nc1cc(CN2CCC2)n(C)n1)C(C)=O)c1ccc(F)c(NC(=O)c2cc3n(c2)CCCC3)c1. The van der Waals surface area contributed by atoms with Crippen molar-refractivity contribution < 1.29 is 14.0 Å². The minimum Gasteiger partial charge on any atom is -0.351 e. The number of halogens is 1. The minimum absolute atomic E-state index is 0.0499. The number of aromatic nitrogens is 3. The van der Waals surface area contributed by atoms with Gasteiger partial charge in [-0.3, -0.25) is 24.2 Å². The summed E-state index contributed by atoms with van der Waals surface area (Å²) in [4.78, 5) is 32.1. The number of carbonyl (C=O) groups excluding carboxylic acids is 2. The zero-order valence-electron chi connectivity index (χ0n) is 24.6. The molecule has 0 unspecified atom stereocenters. The Morgan fingerprint density at radius 3 is 2.49 bits per heavy atom. The fourth-order valence-corrected chi connectivity index (χ4v) is 4.92. The van der Waals surface area contributed by atoms with Crippen LogP contribution in [0.25, 0.3) is 0 Å². The first-order chi connectivity index (χ1) is 19.8. The number of nitrogens with one attached hydrogen (secondary N) is 2. The Morgan fingerprint density at radius 2 is 1.83 bits per heavy atom. The average Bonchev–Trinajstić information content (AvgIpc) is 3.54. The zero-order chi connectivity index (χ0) is 29.5. The van der Waals surface area contributed by atoms with Gasteiger partial charge in [-0.25, -0.2) is 4.39 Å². The average molecular weight is 562 g/mol. The van der Waals surface area contributed by atoms with Gasteiger partial charge >= 0.3 is 0 Å². The predicted molar refractivity (Wildman–Crippen MR) is 161 cm³/mol. The molecule has 2 aromatic heterocycles. The Bertz CT molecular complexity index is 1440. The van der Waals surface area contributed by atoms with Gasteiger partial charge in [0.05, 0.1) is 28.4 Å². The van der Waals surface area contributed by atoms with Crippen LogP contribution in [0.4, 0.5) is 15.9 Å². The summed E-state index contributed by atoms with van der Waals surface area (Å²) >= 11 is 0. The number of allylic oxidation sites excluding steroid dienone is 2. The Morgan fingerprint density at radius 1 is 1.05 bits per heavy atom. The number of benzene rings is 1. The number of nitrogens with zero attached hydrogens (tertiary/aromatic N) is 5. The molecule has 9 nitrogen and oxygen atoms in total. The molecule has 0 spiro atoms. The van der Waals surface area contributed by atoms with Crippen LogP contribution < -0.4 is 10.6 Å². The van der Waals surface area contributed by atoms with E-state index in [-0.39, 0.29) is 17.4 Å². The lowest BCUT2D eigenvalue weighted by Gasteiger charge is -2.30. The summed E-state index contributed by atoms with van der Waals surface area (Å²) in [5, 5.41) is 10.3. The van der Waals surface area contributed by atoms with E-state index in [1.807, 2.05) is 43.9 Å². The van der Waals surface area contributed by atoms with Crippen molar-refractivity contribution in [2.24, 2.45) is 12.0 Å². The number of hydrogen-bond acceptors (Lipinski definition) is 6. The molecule has 2 N–H and O–H groups in total. The molecule has 1 aromatic carbocycles. The van der Waals surface area contributed by atoms with Gasteiger partial charge in [-0.2, -0.15) is 5.10 Å². The molecule has 1 saturated heterocycles. The summed E-state index contributed by atoms with van der Waals surface area (Å²) in [6.07, 6.45) is 7.78. The molecule has 0 radical (unpaired) electrons. The molecule has 2 aliphatic heterocycles. The molecule has 2 aliphatic rings. The van der Waals surface area contributed by atoms with Crippen LogP contribution in [-0.2, 0) is 31.4 Å². The van der Waals surface area contributed by atoms with E-state index in [1.165, 1.54) is 25.5 Å². The third kappa shape index (κ3) is 7.18. The van der Waals surface area contributed by atoms with Gasteiger partial charge in [-0.05, 0) is 69.1 Å². The van der Waals surface area contributed by atoms with Gasteiger partial charge in [0.1, 0.15) is 5.82 Å². The third-order valence-corrected chi connectivity index (χ3v) is 7.32. The molecule has 0 bridgehead atoms. The van der Waals surface area contributed by atoms with E-state index in [0.717, 1.165) is 56.8 Å². The molecule has 0 aliphatic carbocycles. The molecule has 0 atom stereocenters. The first kappa shape index (κ1) is 29.9. The van der Waals surface area contributed by atoms with Crippen molar-refractivity contribution >= 4 is 28.9 Å². The zero-order valence-corrected chi connectivity index (χ0v) is 24.6. The second kappa shape index (κ2) is 13.5. The van der Waals surface area contributed by atoms with Crippen molar-refractivity contribution in [3.63, 3.8) is 0 Å². The summed E-state index contributed by atoms with van der Waals surface area (Å²) in [6, 6.07) is 8.20. The first-order valence-corrected chi connectivity index (χ1v) is 14.3. The molecule has 1 amide bonds. The molecule has 41 heavy (non-hydrogen) atoms. The van der Waals surface area contributed by atoms with Crippen LogP contribution in [0.5, 0.6) is 0 Å². The summed E-state index contributed by atoms with van der Waals surface area (Å²) in [7, 11) is 3.48. The number of amides is 1. The Hall–Kier alpha value is -4.05. The number of aryl methyl sites for hydroxylation is 3. The lowest BCUT2D eigenvalue weighted by Crippen LogP contribution is -2.36.